The van der Waals surface area contributed by atoms with Crippen LogP contribution in [0.4, 0.5) is 11.4 Å². The predicted molar refractivity (Wildman–Crippen MR) is 108 cm³/mol. The van der Waals surface area contributed by atoms with Crippen LogP contribution in [0.3, 0.4) is 0 Å². The van der Waals surface area contributed by atoms with Gasteiger partial charge in [0.05, 0.1) is 25.5 Å². The molecule has 0 bridgehead atoms. The van der Waals surface area contributed by atoms with E-state index < -0.39 is 0 Å². The fourth-order valence-electron chi connectivity index (χ4n) is 3.11. The van der Waals surface area contributed by atoms with Crippen molar-refractivity contribution < 1.29 is 14.3 Å². The van der Waals surface area contributed by atoms with E-state index in [1.165, 1.54) is 5.56 Å². The zero-order chi connectivity index (χ0) is 19.2. The summed E-state index contributed by atoms with van der Waals surface area (Å²) in [4.78, 5) is 14.6. The molecule has 1 saturated heterocycles. The van der Waals surface area contributed by atoms with Crippen molar-refractivity contribution in [3.05, 3.63) is 53.6 Å². The van der Waals surface area contributed by atoms with Crippen molar-refractivity contribution in [3.8, 4) is 5.75 Å². The molecule has 0 aromatic heterocycles. The maximum absolute atomic E-state index is 12.7. The van der Waals surface area contributed by atoms with Crippen molar-refractivity contribution in [1.29, 1.82) is 0 Å². The van der Waals surface area contributed by atoms with Crippen molar-refractivity contribution in [1.82, 2.24) is 4.90 Å². The molecule has 144 valence electrons. The molecule has 0 atom stereocenters. The van der Waals surface area contributed by atoms with Crippen LogP contribution in [0.15, 0.2) is 42.5 Å². The maximum Gasteiger partial charge on any atom is 0.254 e. The van der Waals surface area contributed by atoms with E-state index in [2.05, 4.69) is 31.3 Å². The van der Waals surface area contributed by atoms with Gasteiger partial charge in [0.15, 0.2) is 0 Å². The lowest BCUT2D eigenvalue weighted by molar-refractivity contribution is 0.0302. The summed E-state index contributed by atoms with van der Waals surface area (Å²) in [5.41, 5.74) is 3.78. The van der Waals surface area contributed by atoms with Gasteiger partial charge < -0.3 is 19.7 Å². The highest BCUT2D eigenvalue weighted by molar-refractivity contribution is 5.95. The number of hydrogen-bond donors (Lipinski definition) is 1. The first-order valence-corrected chi connectivity index (χ1v) is 9.59. The molecule has 1 aliphatic heterocycles. The minimum atomic E-state index is 0.0209. The summed E-state index contributed by atoms with van der Waals surface area (Å²) < 4.78 is 11.1. The summed E-state index contributed by atoms with van der Waals surface area (Å²) in [6, 6.07) is 14.0. The molecule has 2 aromatic rings. The Balaban J connectivity index is 1.83. The fourth-order valence-corrected chi connectivity index (χ4v) is 3.11. The van der Waals surface area contributed by atoms with Crippen LogP contribution in [-0.2, 0) is 4.74 Å². The molecule has 1 fully saturated rings. The van der Waals surface area contributed by atoms with Crippen LogP contribution in [0.2, 0.25) is 0 Å². The number of anilines is 2. The molecular weight excluding hydrogens is 340 g/mol. The number of nitrogens with one attached hydrogen (secondary N) is 1. The number of carbonyl (C=O) groups excluding carboxylic acids is 1. The molecule has 1 N–H and O–H groups in total. The highest BCUT2D eigenvalue weighted by Gasteiger charge is 2.20. The number of morpholine rings is 1. The Bertz CT molecular complexity index is 783. The lowest BCUT2D eigenvalue weighted by Gasteiger charge is -2.27. The standard InChI is InChI=1S/C22H28N2O3/c1-4-27-21-15-18(22(25)24-10-12-26-13-11-24)8-9-20(21)23-19-7-5-6-17(14-19)16(2)3/h5-9,14-16,23H,4,10-13H2,1-3H3. The first kappa shape index (κ1) is 19.2. The van der Waals surface area contributed by atoms with E-state index >= 15 is 0 Å². The third kappa shape index (κ3) is 4.80. The Morgan fingerprint density at radius 3 is 2.67 bits per heavy atom. The summed E-state index contributed by atoms with van der Waals surface area (Å²) in [5, 5.41) is 3.43. The summed E-state index contributed by atoms with van der Waals surface area (Å²) >= 11 is 0. The van der Waals surface area contributed by atoms with E-state index in [1.807, 2.05) is 42.2 Å². The third-order valence-corrected chi connectivity index (χ3v) is 4.66. The molecule has 0 radical (unpaired) electrons. The van der Waals surface area contributed by atoms with Gasteiger partial charge in [0.25, 0.3) is 5.91 Å². The number of benzene rings is 2. The molecule has 5 heteroatoms. The van der Waals surface area contributed by atoms with Crippen LogP contribution in [0.25, 0.3) is 0 Å². The second-order valence-electron chi connectivity index (χ2n) is 6.95. The molecule has 27 heavy (non-hydrogen) atoms. The Labute approximate surface area is 161 Å². The normalized spacial score (nSPS) is 14.3. The van der Waals surface area contributed by atoms with E-state index in [-0.39, 0.29) is 5.91 Å². The smallest absolute Gasteiger partial charge is 0.254 e. The summed E-state index contributed by atoms with van der Waals surface area (Å²) in [6.07, 6.45) is 0. The predicted octanol–water partition coefficient (Wildman–Crippen LogP) is 4.42. The van der Waals surface area contributed by atoms with Gasteiger partial charge in [-0.1, -0.05) is 26.0 Å². The Kier molecular flexibility index (Phi) is 6.35. The van der Waals surface area contributed by atoms with Gasteiger partial charge in [-0.05, 0) is 48.7 Å². The zero-order valence-corrected chi connectivity index (χ0v) is 16.3. The Morgan fingerprint density at radius 2 is 1.96 bits per heavy atom. The van der Waals surface area contributed by atoms with Gasteiger partial charge in [-0.3, -0.25) is 4.79 Å². The average molecular weight is 368 g/mol. The van der Waals surface area contributed by atoms with Gasteiger partial charge in [-0.15, -0.1) is 0 Å². The van der Waals surface area contributed by atoms with E-state index in [0.29, 0.717) is 50.1 Å². The number of amides is 1. The number of nitrogens with zero attached hydrogens (tertiary/aromatic N) is 1. The lowest BCUT2D eigenvalue weighted by atomic mass is 10.0. The van der Waals surface area contributed by atoms with Crippen molar-refractivity contribution >= 4 is 17.3 Å². The van der Waals surface area contributed by atoms with Crippen LogP contribution >= 0.6 is 0 Å². The maximum atomic E-state index is 12.7. The van der Waals surface area contributed by atoms with Crippen molar-refractivity contribution in [2.24, 2.45) is 0 Å². The second-order valence-corrected chi connectivity index (χ2v) is 6.95. The minimum absolute atomic E-state index is 0.0209. The Hall–Kier alpha value is -2.53. The SMILES string of the molecule is CCOc1cc(C(=O)N2CCOCC2)ccc1Nc1cccc(C(C)C)c1. The average Bonchev–Trinajstić information content (AvgIpc) is 2.70. The molecule has 0 saturated carbocycles. The molecule has 1 amide bonds. The van der Waals surface area contributed by atoms with Crippen LogP contribution in [0, 0.1) is 0 Å². The number of hydrogen-bond acceptors (Lipinski definition) is 4. The summed E-state index contributed by atoms with van der Waals surface area (Å²) in [6.45, 7) is 9.28. The van der Waals surface area contributed by atoms with Crippen LogP contribution in [0.1, 0.15) is 42.6 Å². The highest BCUT2D eigenvalue weighted by Crippen LogP contribution is 2.30. The second kappa shape index (κ2) is 8.91. The fraction of sp³-hybridized carbons (Fsp3) is 0.409. The van der Waals surface area contributed by atoms with Gasteiger partial charge in [0.1, 0.15) is 5.75 Å². The first-order valence-electron chi connectivity index (χ1n) is 9.59. The first-order chi connectivity index (χ1) is 13.1. The van der Waals surface area contributed by atoms with Crippen molar-refractivity contribution in [2.75, 3.05) is 38.2 Å². The quantitative estimate of drug-likeness (QED) is 0.820. The highest BCUT2D eigenvalue weighted by atomic mass is 16.5. The monoisotopic (exact) mass is 368 g/mol. The lowest BCUT2D eigenvalue weighted by Crippen LogP contribution is -2.40. The van der Waals surface area contributed by atoms with Crippen LogP contribution in [-0.4, -0.2) is 43.7 Å². The molecule has 3 rings (SSSR count). The minimum Gasteiger partial charge on any atom is -0.492 e. The van der Waals surface area contributed by atoms with Crippen LogP contribution < -0.4 is 10.1 Å². The van der Waals surface area contributed by atoms with Gasteiger partial charge in [-0.25, -0.2) is 0 Å². The van der Waals surface area contributed by atoms with Crippen molar-refractivity contribution in [2.45, 2.75) is 26.7 Å². The van der Waals surface area contributed by atoms with Crippen molar-refractivity contribution in [3.63, 3.8) is 0 Å². The van der Waals surface area contributed by atoms with E-state index in [9.17, 15) is 4.79 Å². The molecule has 2 aromatic carbocycles. The van der Waals surface area contributed by atoms with Gasteiger partial charge in [-0.2, -0.15) is 0 Å². The van der Waals surface area contributed by atoms with E-state index in [1.54, 1.807) is 0 Å². The molecular formula is C22H28N2O3. The molecule has 0 unspecified atom stereocenters. The number of rotatable bonds is 6. The molecule has 5 nitrogen and oxygen atoms in total. The molecule has 1 heterocycles. The summed E-state index contributed by atoms with van der Waals surface area (Å²) in [5.74, 6) is 1.17. The van der Waals surface area contributed by atoms with Gasteiger partial charge >= 0.3 is 0 Å². The number of ether oxygens (including phenoxy) is 2. The Morgan fingerprint density at radius 1 is 1.19 bits per heavy atom. The van der Waals surface area contributed by atoms with Gasteiger partial charge in [0.2, 0.25) is 0 Å². The molecule has 0 aliphatic carbocycles. The van der Waals surface area contributed by atoms with E-state index in [4.69, 9.17) is 9.47 Å². The third-order valence-electron chi connectivity index (χ3n) is 4.66. The largest absolute Gasteiger partial charge is 0.492 e. The van der Waals surface area contributed by atoms with Crippen LogP contribution in [0.5, 0.6) is 5.75 Å². The topological polar surface area (TPSA) is 50.8 Å². The van der Waals surface area contributed by atoms with Gasteiger partial charge in [0, 0.05) is 24.3 Å². The zero-order valence-electron chi connectivity index (χ0n) is 16.3. The molecule has 1 aliphatic rings. The number of carbonyl (C=O) groups is 1. The van der Waals surface area contributed by atoms with E-state index in [0.717, 1.165) is 11.4 Å². The summed E-state index contributed by atoms with van der Waals surface area (Å²) in [7, 11) is 0. The molecule has 0 spiro atoms.